The van der Waals surface area contributed by atoms with Crippen molar-refractivity contribution < 1.29 is 9.59 Å². The molecule has 2 amide bonds. The Morgan fingerprint density at radius 2 is 1.70 bits per heavy atom. The number of nitrogens with one attached hydrogen (secondary N) is 1. The molecule has 0 bridgehead atoms. The van der Waals surface area contributed by atoms with E-state index in [2.05, 4.69) is 16.3 Å². The summed E-state index contributed by atoms with van der Waals surface area (Å²) in [7, 11) is 0. The lowest BCUT2D eigenvalue weighted by molar-refractivity contribution is -0.133. The number of amides is 2. The van der Waals surface area contributed by atoms with Gasteiger partial charge in [-0.05, 0) is 35.4 Å². The van der Waals surface area contributed by atoms with Gasteiger partial charge in [0.05, 0.1) is 24.1 Å². The van der Waals surface area contributed by atoms with Crippen molar-refractivity contribution in [1.29, 1.82) is 5.26 Å². The smallest absolute Gasteiger partial charge is 0.225 e. The van der Waals surface area contributed by atoms with Crippen LogP contribution in [0.1, 0.15) is 36.1 Å². The van der Waals surface area contributed by atoms with E-state index >= 15 is 0 Å². The van der Waals surface area contributed by atoms with Crippen LogP contribution >= 0.6 is 11.6 Å². The summed E-state index contributed by atoms with van der Waals surface area (Å²) in [6, 6.07) is 16.6. The number of halogens is 1. The molecule has 1 aliphatic heterocycles. The second-order valence-electron chi connectivity index (χ2n) is 7.47. The molecule has 1 aliphatic rings. The van der Waals surface area contributed by atoms with E-state index in [0.29, 0.717) is 23.7 Å². The zero-order valence-electron chi connectivity index (χ0n) is 17.0. The molecule has 1 atom stereocenters. The molecule has 0 aliphatic carbocycles. The lowest BCUT2D eigenvalue weighted by atomic mass is 10.0. The van der Waals surface area contributed by atoms with Gasteiger partial charge in [0.1, 0.15) is 0 Å². The number of rotatable bonds is 6. The van der Waals surface area contributed by atoms with Gasteiger partial charge in [-0.3, -0.25) is 14.5 Å². The zero-order chi connectivity index (χ0) is 21.5. The van der Waals surface area contributed by atoms with Gasteiger partial charge in [-0.15, -0.1) is 0 Å². The minimum absolute atomic E-state index is 0.0294. The highest BCUT2D eigenvalue weighted by Crippen LogP contribution is 2.21. The Hall–Kier alpha value is -2.88. The van der Waals surface area contributed by atoms with Crippen LogP contribution in [0.5, 0.6) is 0 Å². The zero-order valence-corrected chi connectivity index (χ0v) is 17.7. The SMILES string of the molecule is CC(=O)NC(CC(=O)N1CCN(Cc2ccc(C#N)cc2)CC1)c1ccc(Cl)cc1. The summed E-state index contributed by atoms with van der Waals surface area (Å²) in [6.07, 6.45) is 0.219. The third-order valence-electron chi connectivity index (χ3n) is 5.24. The Balaban J connectivity index is 1.54. The molecule has 3 rings (SSSR count). The van der Waals surface area contributed by atoms with Gasteiger partial charge < -0.3 is 10.2 Å². The summed E-state index contributed by atoms with van der Waals surface area (Å²) in [5.41, 5.74) is 2.67. The number of carbonyl (C=O) groups excluding carboxylic acids is 2. The van der Waals surface area contributed by atoms with Gasteiger partial charge in [0.15, 0.2) is 0 Å². The van der Waals surface area contributed by atoms with E-state index in [9.17, 15) is 9.59 Å². The van der Waals surface area contributed by atoms with Crippen LogP contribution < -0.4 is 5.32 Å². The van der Waals surface area contributed by atoms with Gasteiger partial charge in [0.25, 0.3) is 0 Å². The second-order valence-corrected chi connectivity index (χ2v) is 7.91. The first-order valence-electron chi connectivity index (χ1n) is 9.96. The molecular formula is C23H25ClN4O2. The quantitative estimate of drug-likeness (QED) is 0.772. The minimum atomic E-state index is -0.371. The van der Waals surface area contributed by atoms with Gasteiger partial charge >= 0.3 is 0 Å². The van der Waals surface area contributed by atoms with Crippen molar-refractivity contribution in [3.63, 3.8) is 0 Å². The molecule has 0 spiro atoms. The number of piperazine rings is 1. The summed E-state index contributed by atoms with van der Waals surface area (Å²) in [5, 5.41) is 12.4. The van der Waals surface area contributed by atoms with Crippen LogP contribution in [0, 0.1) is 11.3 Å². The lowest BCUT2D eigenvalue weighted by Gasteiger charge is -2.35. The first kappa shape index (κ1) is 21.8. The molecule has 1 heterocycles. The first-order valence-corrected chi connectivity index (χ1v) is 10.3. The third kappa shape index (κ3) is 6.06. The number of carbonyl (C=O) groups is 2. The Labute approximate surface area is 182 Å². The number of hydrogen-bond acceptors (Lipinski definition) is 4. The Bertz CT molecular complexity index is 914. The molecule has 1 fully saturated rings. The van der Waals surface area contributed by atoms with Crippen molar-refractivity contribution in [2.75, 3.05) is 26.2 Å². The van der Waals surface area contributed by atoms with Crippen molar-refractivity contribution in [2.45, 2.75) is 25.9 Å². The van der Waals surface area contributed by atoms with Crippen molar-refractivity contribution in [1.82, 2.24) is 15.1 Å². The molecule has 2 aromatic rings. The first-order chi connectivity index (χ1) is 14.4. The second kappa shape index (κ2) is 10.2. The number of nitriles is 1. The van der Waals surface area contributed by atoms with Gasteiger partial charge in [-0.25, -0.2) is 0 Å². The van der Waals surface area contributed by atoms with Crippen molar-refractivity contribution in [3.05, 3.63) is 70.2 Å². The molecule has 0 saturated carbocycles. The molecular weight excluding hydrogens is 400 g/mol. The molecule has 1 N–H and O–H groups in total. The van der Waals surface area contributed by atoms with E-state index in [1.54, 1.807) is 12.1 Å². The van der Waals surface area contributed by atoms with E-state index in [-0.39, 0.29) is 24.3 Å². The van der Waals surface area contributed by atoms with E-state index in [1.807, 2.05) is 41.3 Å². The van der Waals surface area contributed by atoms with Gasteiger partial charge in [0, 0.05) is 44.7 Å². The summed E-state index contributed by atoms with van der Waals surface area (Å²) in [4.78, 5) is 28.7. The van der Waals surface area contributed by atoms with E-state index in [4.69, 9.17) is 16.9 Å². The van der Waals surface area contributed by atoms with Crippen LogP contribution in [0.4, 0.5) is 0 Å². The fourth-order valence-corrected chi connectivity index (χ4v) is 3.72. The summed E-state index contributed by atoms with van der Waals surface area (Å²) >= 11 is 5.95. The van der Waals surface area contributed by atoms with Crippen LogP contribution in [0.25, 0.3) is 0 Å². The number of nitrogens with zero attached hydrogens (tertiary/aromatic N) is 3. The summed E-state index contributed by atoms with van der Waals surface area (Å²) in [5.74, 6) is -0.142. The maximum Gasteiger partial charge on any atom is 0.225 e. The van der Waals surface area contributed by atoms with Crippen molar-refractivity contribution in [3.8, 4) is 6.07 Å². The molecule has 156 valence electrons. The van der Waals surface area contributed by atoms with Crippen LogP contribution in [-0.2, 0) is 16.1 Å². The third-order valence-corrected chi connectivity index (χ3v) is 5.49. The van der Waals surface area contributed by atoms with Crippen molar-refractivity contribution >= 4 is 23.4 Å². The highest BCUT2D eigenvalue weighted by atomic mass is 35.5. The topological polar surface area (TPSA) is 76.4 Å². The van der Waals surface area contributed by atoms with Gasteiger partial charge in [-0.2, -0.15) is 5.26 Å². The Morgan fingerprint density at radius 1 is 1.07 bits per heavy atom. The fourth-order valence-electron chi connectivity index (χ4n) is 3.59. The predicted octanol–water partition coefficient (Wildman–Crippen LogP) is 3.12. The van der Waals surface area contributed by atoms with Crippen molar-refractivity contribution in [2.24, 2.45) is 0 Å². The highest BCUT2D eigenvalue weighted by molar-refractivity contribution is 6.30. The van der Waals surface area contributed by atoms with Crippen LogP contribution in [0.15, 0.2) is 48.5 Å². The van der Waals surface area contributed by atoms with Crippen LogP contribution in [0.2, 0.25) is 5.02 Å². The normalized spacial score (nSPS) is 15.3. The molecule has 7 heteroatoms. The monoisotopic (exact) mass is 424 g/mol. The molecule has 0 radical (unpaired) electrons. The van der Waals surface area contributed by atoms with E-state index < -0.39 is 0 Å². The van der Waals surface area contributed by atoms with Crippen LogP contribution in [0.3, 0.4) is 0 Å². The lowest BCUT2D eigenvalue weighted by Crippen LogP contribution is -2.49. The fraction of sp³-hybridized carbons (Fsp3) is 0.348. The summed E-state index contributed by atoms with van der Waals surface area (Å²) < 4.78 is 0. The molecule has 1 saturated heterocycles. The molecule has 1 unspecified atom stereocenters. The average Bonchev–Trinajstić information content (AvgIpc) is 2.74. The van der Waals surface area contributed by atoms with Gasteiger partial charge in [-0.1, -0.05) is 35.9 Å². The largest absolute Gasteiger partial charge is 0.349 e. The number of hydrogen-bond donors (Lipinski definition) is 1. The van der Waals surface area contributed by atoms with E-state index in [0.717, 1.165) is 30.8 Å². The maximum atomic E-state index is 12.9. The molecule has 2 aromatic carbocycles. The highest BCUT2D eigenvalue weighted by Gasteiger charge is 2.25. The standard InChI is InChI=1S/C23H25ClN4O2/c1-17(29)26-22(20-6-8-21(24)9-7-20)14-23(30)28-12-10-27(11-13-28)16-19-4-2-18(15-25)3-5-19/h2-9,22H,10-14,16H2,1H3,(H,26,29). The van der Waals surface area contributed by atoms with Crippen LogP contribution in [-0.4, -0.2) is 47.8 Å². The molecule has 0 aromatic heterocycles. The summed E-state index contributed by atoms with van der Waals surface area (Å²) in [6.45, 7) is 5.14. The number of benzene rings is 2. The Morgan fingerprint density at radius 3 is 2.27 bits per heavy atom. The van der Waals surface area contributed by atoms with E-state index in [1.165, 1.54) is 6.92 Å². The minimum Gasteiger partial charge on any atom is -0.349 e. The average molecular weight is 425 g/mol. The van der Waals surface area contributed by atoms with Gasteiger partial charge in [0.2, 0.25) is 11.8 Å². The molecule has 6 nitrogen and oxygen atoms in total. The Kier molecular flexibility index (Phi) is 7.45. The predicted molar refractivity (Wildman–Crippen MR) is 116 cm³/mol. The molecule has 30 heavy (non-hydrogen) atoms. The maximum absolute atomic E-state index is 12.9.